The molecular formula is C31H39Cl2N5O4. The van der Waals surface area contributed by atoms with Crippen molar-refractivity contribution >= 4 is 47.3 Å². The number of hydrogen-bond acceptors (Lipinski definition) is 6. The van der Waals surface area contributed by atoms with Crippen molar-refractivity contribution in [3.05, 3.63) is 63.6 Å². The Morgan fingerprint density at radius 3 is 2.45 bits per heavy atom. The van der Waals surface area contributed by atoms with Crippen LogP contribution in [0.1, 0.15) is 43.2 Å². The number of fused-ring (bicyclic) bond motifs is 1. The van der Waals surface area contributed by atoms with E-state index in [0.717, 1.165) is 30.4 Å². The Morgan fingerprint density at radius 1 is 1.12 bits per heavy atom. The van der Waals surface area contributed by atoms with Crippen LogP contribution in [0.3, 0.4) is 0 Å². The fourth-order valence-electron chi connectivity index (χ4n) is 7.52. The lowest BCUT2D eigenvalue weighted by Gasteiger charge is -2.61. The number of nitrogens with zero attached hydrogens (tertiary/aromatic N) is 4. The van der Waals surface area contributed by atoms with Gasteiger partial charge in [-0.3, -0.25) is 9.38 Å². The molecule has 2 aromatic rings. The fourth-order valence-corrected chi connectivity index (χ4v) is 8.09. The first-order chi connectivity index (χ1) is 20.1. The number of para-hydroxylation sites is 1. The van der Waals surface area contributed by atoms with Gasteiger partial charge >= 0.3 is 6.03 Å². The predicted octanol–water partition coefficient (Wildman–Crippen LogP) is 4.22. The standard InChI is InChI=1S/C31H39Cl2N5O4/c1-35(2)26-8-12-36(13-9-26)31(11-16-39)20-27(37-14-7-23-5-3-4-6-28(23)34-29(37)40)10-15-38(31,30(41)42)21-22-17-24(32)19-25(33)18-22/h3-6,16-19,26-27H,7-15,20-21H2,1-2H3,(H-,34,40,41,42)/t27?,31?,38-/m0/s1. The highest BCUT2D eigenvalue weighted by Crippen LogP contribution is 2.45. The van der Waals surface area contributed by atoms with Crippen LogP contribution in [0.15, 0.2) is 42.5 Å². The summed E-state index contributed by atoms with van der Waals surface area (Å²) < 4.78 is -0.457. The van der Waals surface area contributed by atoms with Crippen molar-refractivity contribution in [2.75, 3.05) is 45.6 Å². The number of nitrogens with one attached hydrogen (secondary N) is 1. The van der Waals surface area contributed by atoms with Gasteiger partial charge in [0.15, 0.2) is 5.66 Å². The van der Waals surface area contributed by atoms with Crippen LogP contribution in [0, 0.1) is 0 Å². The van der Waals surface area contributed by atoms with E-state index in [1.54, 1.807) is 18.2 Å². The number of carbonyl (C=O) groups is 3. The summed E-state index contributed by atoms with van der Waals surface area (Å²) in [5, 5.41) is 17.3. The average molecular weight is 617 g/mol. The quantitative estimate of drug-likeness (QED) is 0.370. The number of anilines is 1. The van der Waals surface area contributed by atoms with Crippen molar-refractivity contribution in [1.29, 1.82) is 0 Å². The summed E-state index contributed by atoms with van der Waals surface area (Å²) in [5.74, 6) is 0. The molecule has 3 amide bonds. The summed E-state index contributed by atoms with van der Waals surface area (Å²) in [4.78, 5) is 45.8. The number of likely N-dealkylation sites (tertiary alicyclic amines) is 2. The minimum Gasteiger partial charge on any atom is -0.498 e. The molecule has 0 aliphatic carbocycles. The van der Waals surface area contributed by atoms with Crippen LogP contribution in [-0.2, 0) is 17.8 Å². The summed E-state index contributed by atoms with van der Waals surface area (Å²) in [6.07, 6.45) is 2.72. The second-order valence-corrected chi connectivity index (χ2v) is 13.0. The molecule has 0 aromatic heterocycles. The topological polar surface area (TPSA) is 96.0 Å². The van der Waals surface area contributed by atoms with E-state index in [9.17, 15) is 19.5 Å². The van der Waals surface area contributed by atoms with Gasteiger partial charge < -0.3 is 29.8 Å². The molecule has 3 heterocycles. The Kier molecular flexibility index (Phi) is 9.16. The van der Waals surface area contributed by atoms with Gasteiger partial charge in [0.05, 0.1) is 13.0 Å². The number of halogens is 2. The van der Waals surface area contributed by atoms with Crippen LogP contribution in [0.25, 0.3) is 0 Å². The molecule has 3 atom stereocenters. The molecule has 2 saturated heterocycles. The zero-order valence-electron chi connectivity index (χ0n) is 24.2. The minimum absolute atomic E-state index is 0.00586. The number of urea groups is 1. The Bertz CT molecular complexity index is 1310. The maximum Gasteiger partial charge on any atom is 0.322 e. The van der Waals surface area contributed by atoms with Crippen LogP contribution >= 0.6 is 23.2 Å². The largest absolute Gasteiger partial charge is 0.498 e. The van der Waals surface area contributed by atoms with Gasteiger partial charge in [-0.25, -0.2) is 4.79 Å². The summed E-state index contributed by atoms with van der Waals surface area (Å²) >= 11 is 12.7. The lowest BCUT2D eigenvalue weighted by Crippen LogP contribution is -2.80. The average Bonchev–Trinajstić information content (AvgIpc) is 3.11. The number of rotatable bonds is 7. The zero-order valence-corrected chi connectivity index (χ0v) is 25.7. The van der Waals surface area contributed by atoms with Crippen LogP contribution < -0.4 is 10.4 Å². The first-order valence-corrected chi connectivity index (χ1v) is 15.4. The molecule has 2 aromatic carbocycles. The molecule has 2 unspecified atom stereocenters. The van der Waals surface area contributed by atoms with E-state index in [4.69, 9.17) is 23.2 Å². The number of amides is 3. The second-order valence-electron chi connectivity index (χ2n) is 12.1. The van der Waals surface area contributed by atoms with Gasteiger partial charge in [-0.15, -0.1) is 0 Å². The molecule has 9 nitrogen and oxygen atoms in total. The lowest BCUT2D eigenvalue weighted by molar-refractivity contribution is -0.956. The monoisotopic (exact) mass is 615 g/mol. The van der Waals surface area contributed by atoms with Gasteiger partial charge in [0.25, 0.3) is 6.09 Å². The van der Waals surface area contributed by atoms with Crippen molar-refractivity contribution in [2.45, 2.75) is 62.8 Å². The number of quaternary nitrogens is 1. The van der Waals surface area contributed by atoms with Crippen LogP contribution in [0.5, 0.6) is 0 Å². The van der Waals surface area contributed by atoms with Gasteiger partial charge in [-0.2, -0.15) is 0 Å². The maximum absolute atomic E-state index is 13.6. The molecule has 5 rings (SSSR count). The molecule has 0 saturated carbocycles. The SMILES string of the molecule is CN(C)C1CCN(C2(CC=O)CC(N3CCc4ccccc4NC3=O)CC[N@+]2(Cc2cc(Cl)cc(Cl)c2)C(=O)[O-])CC1. The number of benzene rings is 2. The summed E-state index contributed by atoms with van der Waals surface area (Å²) in [7, 11) is 4.11. The molecule has 226 valence electrons. The van der Waals surface area contributed by atoms with Crippen molar-refractivity contribution < 1.29 is 24.0 Å². The van der Waals surface area contributed by atoms with E-state index in [1.165, 1.54) is 0 Å². The van der Waals surface area contributed by atoms with E-state index in [0.29, 0.717) is 60.5 Å². The van der Waals surface area contributed by atoms with E-state index in [-0.39, 0.29) is 31.6 Å². The molecular weight excluding hydrogens is 577 g/mol. The smallest absolute Gasteiger partial charge is 0.322 e. The first-order valence-electron chi connectivity index (χ1n) is 14.6. The van der Waals surface area contributed by atoms with Crippen LogP contribution in [0.2, 0.25) is 10.0 Å². The first kappa shape index (κ1) is 30.8. The number of aldehydes is 1. The fraction of sp³-hybridized carbons (Fsp3) is 0.516. The Balaban J connectivity index is 1.56. The summed E-state index contributed by atoms with van der Waals surface area (Å²) in [6, 6.07) is 12.7. The minimum atomic E-state index is -1.24. The molecule has 0 spiro atoms. The van der Waals surface area contributed by atoms with Gasteiger partial charge in [0, 0.05) is 65.9 Å². The summed E-state index contributed by atoms with van der Waals surface area (Å²) in [6.45, 7) is 2.02. The third kappa shape index (κ3) is 5.77. The molecule has 3 aliphatic heterocycles. The molecule has 2 fully saturated rings. The molecule has 1 N–H and O–H groups in total. The Hall–Kier alpha value is -2.69. The highest BCUT2D eigenvalue weighted by molar-refractivity contribution is 6.34. The van der Waals surface area contributed by atoms with Gasteiger partial charge in [-0.1, -0.05) is 41.4 Å². The van der Waals surface area contributed by atoms with Crippen molar-refractivity contribution in [2.24, 2.45) is 0 Å². The lowest BCUT2D eigenvalue weighted by atomic mass is 9.81. The maximum atomic E-state index is 13.6. The number of carboxylic acid groups (broad SMARTS) is 1. The molecule has 42 heavy (non-hydrogen) atoms. The van der Waals surface area contributed by atoms with Crippen molar-refractivity contribution in [3.63, 3.8) is 0 Å². The number of hydrogen-bond donors (Lipinski definition) is 1. The van der Waals surface area contributed by atoms with Gasteiger partial charge in [0.1, 0.15) is 12.8 Å². The third-order valence-electron chi connectivity index (χ3n) is 9.70. The van der Waals surface area contributed by atoms with E-state index in [1.807, 2.05) is 29.2 Å². The highest BCUT2D eigenvalue weighted by atomic mass is 35.5. The van der Waals surface area contributed by atoms with Gasteiger partial charge in [0.2, 0.25) is 0 Å². The highest BCUT2D eigenvalue weighted by Gasteiger charge is 2.61. The Morgan fingerprint density at radius 2 is 1.81 bits per heavy atom. The van der Waals surface area contributed by atoms with Crippen LogP contribution in [0.4, 0.5) is 15.3 Å². The predicted molar refractivity (Wildman–Crippen MR) is 161 cm³/mol. The molecule has 11 heteroatoms. The van der Waals surface area contributed by atoms with Crippen LogP contribution in [-0.4, -0.2) is 95.6 Å². The van der Waals surface area contributed by atoms with Gasteiger partial charge in [-0.05, 0) is 63.2 Å². The van der Waals surface area contributed by atoms with E-state index >= 15 is 0 Å². The molecule has 0 bridgehead atoms. The molecule has 0 radical (unpaired) electrons. The third-order valence-corrected chi connectivity index (χ3v) is 10.1. The van der Waals surface area contributed by atoms with Crippen molar-refractivity contribution in [1.82, 2.24) is 14.7 Å². The van der Waals surface area contributed by atoms with Crippen molar-refractivity contribution in [3.8, 4) is 0 Å². The molecule has 3 aliphatic rings. The Labute approximate surface area is 257 Å². The summed E-state index contributed by atoms with van der Waals surface area (Å²) in [5.41, 5.74) is 1.39. The zero-order chi connectivity index (χ0) is 30.1. The second kappa shape index (κ2) is 12.5. The van der Waals surface area contributed by atoms with E-state index in [2.05, 4.69) is 29.2 Å². The van der Waals surface area contributed by atoms with E-state index < -0.39 is 16.2 Å². The normalized spacial score (nSPS) is 27.3. The number of piperidine rings is 2. The number of carbonyl (C=O) groups excluding carboxylic acids is 3.